The summed E-state index contributed by atoms with van der Waals surface area (Å²) in [6, 6.07) is 40.0. The van der Waals surface area contributed by atoms with E-state index in [9.17, 15) is 0 Å². The molecule has 4 aromatic carbocycles. The van der Waals surface area contributed by atoms with Crippen molar-refractivity contribution < 1.29 is 21.1 Å². The van der Waals surface area contributed by atoms with Gasteiger partial charge >= 0.3 is 0 Å². The zero-order valence-corrected chi connectivity index (χ0v) is 18.1. The van der Waals surface area contributed by atoms with Gasteiger partial charge < -0.3 is 0 Å². The largest absolute Gasteiger partial charge is 0.0622 e. The molecule has 0 N–H and O–H groups in total. The average Bonchev–Trinajstić information content (AvgIpc) is 2.80. The summed E-state index contributed by atoms with van der Waals surface area (Å²) < 4.78 is 0. The third-order valence-electron chi connectivity index (χ3n) is 3.80. The summed E-state index contributed by atoms with van der Waals surface area (Å²) in [4.78, 5) is 0. The van der Waals surface area contributed by atoms with Gasteiger partial charge in [-0.1, -0.05) is 96.5 Å². The summed E-state index contributed by atoms with van der Waals surface area (Å²) in [6.45, 7) is 0. The van der Waals surface area contributed by atoms with E-state index in [-0.39, 0.29) is 21.1 Å². The first kappa shape index (κ1) is 22.0. The molecule has 4 rings (SSSR count). The fourth-order valence-electron chi connectivity index (χ4n) is 2.37. The Bertz CT molecular complexity index is 900. The van der Waals surface area contributed by atoms with Crippen molar-refractivity contribution in [2.24, 2.45) is 0 Å². The fourth-order valence-corrected chi connectivity index (χ4v) is 2.37. The van der Waals surface area contributed by atoms with Gasteiger partial charge in [0.1, 0.15) is 0 Å². The summed E-state index contributed by atoms with van der Waals surface area (Å²) >= 11 is 0. The Morgan fingerprint density at radius 2 is 0.448 bits per heavy atom. The van der Waals surface area contributed by atoms with Crippen LogP contribution in [0.1, 0.15) is 22.3 Å². The number of hydrogen-bond donors (Lipinski definition) is 0. The molecule has 0 aliphatic carbocycles. The van der Waals surface area contributed by atoms with Gasteiger partial charge in [0.25, 0.3) is 0 Å². The van der Waals surface area contributed by atoms with Gasteiger partial charge in [0, 0.05) is 43.3 Å². The molecular formula is C28H20Pt. The molecule has 29 heavy (non-hydrogen) atoms. The van der Waals surface area contributed by atoms with E-state index in [0.717, 1.165) is 22.3 Å². The van der Waals surface area contributed by atoms with Crippen molar-refractivity contribution in [1.82, 2.24) is 0 Å². The zero-order valence-electron chi connectivity index (χ0n) is 15.9. The Kier molecular flexibility index (Phi) is 9.83. The van der Waals surface area contributed by atoms with Crippen molar-refractivity contribution in [3.05, 3.63) is 144 Å². The zero-order chi connectivity index (χ0) is 19.3. The molecule has 0 amide bonds. The Morgan fingerprint density at radius 1 is 0.276 bits per heavy atom. The van der Waals surface area contributed by atoms with E-state index in [4.69, 9.17) is 0 Å². The van der Waals surface area contributed by atoms with Crippen LogP contribution in [0, 0.1) is 23.7 Å². The SMILES string of the molecule is C(#Cc1ccccc1)c1ccccc1.C(#Cc1ccccc1)c1ccccc1.[Pt]. The first-order valence-corrected chi connectivity index (χ1v) is 9.14. The van der Waals surface area contributed by atoms with Gasteiger partial charge in [0.05, 0.1) is 0 Å². The molecule has 0 nitrogen and oxygen atoms in total. The van der Waals surface area contributed by atoms with Gasteiger partial charge in [-0.2, -0.15) is 0 Å². The third-order valence-corrected chi connectivity index (χ3v) is 3.80. The Balaban J connectivity index is 0.000000200. The molecule has 0 saturated carbocycles. The normalized spacial score (nSPS) is 8.55. The van der Waals surface area contributed by atoms with Gasteiger partial charge in [-0.05, 0) is 48.5 Å². The van der Waals surface area contributed by atoms with Crippen LogP contribution < -0.4 is 0 Å². The van der Waals surface area contributed by atoms with E-state index < -0.39 is 0 Å². The summed E-state index contributed by atoms with van der Waals surface area (Å²) in [7, 11) is 0. The predicted octanol–water partition coefficient (Wildman–Crippen LogP) is 6.17. The molecule has 1 heteroatoms. The number of benzene rings is 4. The maximum absolute atomic E-state index is 3.11. The van der Waals surface area contributed by atoms with Crippen molar-refractivity contribution in [3.8, 4) is 23.7 Å². The average molecular weight is 552 g/mol. The minimum Gasteiger partial charge on any atom is -0.0622 e. The van der Waals surface area contributed by atoms with Crippen LogP contribution >= 0.6 is 0 Å². The monoisotopic (exact) mass is 551 g/mol. The van der Waals surface area contributed by atoms with E-state index >= 15 is 0 Å². The molecule has 0 heterocycles. The smallest absolute Gasteiger partial charge is 0.0249 e. The minimum absolute atomic E-state index is 0. The van der Waals surface area contributed by atoms with Crippen LogP contribution in [0.25, 0.3) is 0 Å². The van der Waals surface area contributed by atoms with Crippen LogP contribution in [0.4, 0.5) is 0 Å². The first-order valence-electron chi connectivity index (χ1n) is 9.14. The number of rotatable bonds is 0. The Hall–Kier alpha value is -3.31. The quantitative estimate of drug-likeness (QED) is 0.230. The second-order valence-electron chi connectivity index (χ2n) is 5.96. The van der Waals surface area contributed by atoms with Gasteiger partial charge in [-0.25, -0.2) is 0 Å². The molecule has 0 atom stereocenters. The van der Waals surface area contributed by atoms with E-state index in [1.807, 2.05) is 121 Å². The van der Waals surface area contributed by atoms with Gasteiger partial charge in [-0.3, -0.25) is 0 Å². The predicted molar refractivity (Wildman–Crippen MR) is 118 cm³/mol. The summed E-state index contributed by atoms with van der Waals surface area (Å²) in [5, 5.41) is 0. The Labute approximate surface area is 187 Å². The second kappa shape index (κ2) is 13.0. The molecule has 0 bridgehead atoms. The van der Waals surface area contributed by atoms with E-state index in [2.05, 4.69) is 23.7 Å². The summed E-state index contributed by atoms with van der Waals surface area (Å²) in [5.41, 5.74) is 4.21. The van der Waals surface area contributed by atoms with Crippen molar-refractivity contribution in [2.75, 3.05) is 0 Å². The van der Waals surface area contributed by atoms with Crippen molar-refractivity contribution in [3.63, 3.8) is 0 Å². The van der Waals surface area contributed by atoms with Crippen LogP contribution in [0.2, 0.25) is 0 Å². The minimum atomic E-state index is 0. The molecule has 0 radical (unpaired) electrons. The number of hydrogen-bond acceptors (Lipinski definition) is 0. The molecule has 142 valence electrons. The van der Waals surface area contributed by atoms with Gasteiger partial charge in [0.2, 0.25) is 0 Å². The fraction of sp³-hybridized carbons (Fsp3) is 0. The van der Waals surface area contributed by atoms with Crippen LogP contribution in [-0.2, 0) is 21.1 Å². The van der Waals surface area contributed by atoms with E-state index in [1.165, 1.54) is 0 Å². The van der Waals surface area contributed by atoms with Crippen molar-refractivity contribution in [2.45, 2.75) is 0 Å². The molecule has 0 fully saturated rings. The van der Waals surface area contributed by atoms with Crippen molar-refractivity contribution in [1.29, 1.82) is 0 Å². The molecule has 0 unspecified atom stereocenters. The van der Waals surface area contributed by atoms with E-state index in [0.29, 0.717) is 0 Å². The summed E-state index contributed by atoms with van der Waals surface area (Å²) in [5.74, 6) is 12.4. The first-order chi connectivity index (χ1) is 13.9. The van der Waals surface area contributed by atoms with Gasteiger partial charge in [0.15, 0.2) is 0 Å². The van der Waals surface area contributed by atoms with Crippen molar-refractivity contribution >= 4 is 0 Å². The van der Waals surface area contributed by atoms with E-state index in [1.54, 1.807) is 0 Å². The van der Waals surface area contributed by atoms with Crippen LogP contribution in [0.15, 0.2) is 121 Å². The van der Waals surface area contributed by atoms with Crippen LogP contribution in [-0.4, -0.2) is 0 Å². The molecule has 0 aliphatic heterocycles. The molecule has 0 spiro atoms. The standard InChI is InChI=1S/2C14H10.Pt/c2*1-3-7-13(8-4-1)11-12-14-9-5-2-6-10-14;/h2*1-10H;. The van der Waals surface area contributed by atoms with Crippen LogP contribution in [0.3, 0.4) is 0 Å². The second-order valence-corrected chi connectivity index (χ2v) is 5.96. The topological polar surface area (TPSA) is 0 Å². The Morgan fingerprint density at radius 3 is 0.621 bits per heavy atom. The summed E-state index contributed by atoms with van der Waals surface area (Å²) in [6.07, 6.45) is 0. The maximum Gasteiger partial charge on any atom is 0.0249 e. The molecule has 0 saturated heterocycles. The van der Waals surface area contributed by atoms with Gasteiger partial charge in [-0.15, -0.1) is 0 Å². The molecule has 0 aliphatic rings. The van der Waals surface area contributed by atoms with Crippen LogP contribution in [0.5, 0.6) is 0 Å². The third kappa shape index (κ3) is 8.49. The maximum atomic E-state index is 3.11. The molecule has 4 aromatic rings. The molecule has 0 aromatic heterocycles. The molecular weight excluding hydrogens is 531 g/mol.